The minimum absolute atomic E-state index is 0.00646. The number of carboxylic acid groups (broad SMARTS) is 1. The molecule has 2 aromatic heterocycles. The molecule has 0 spiro atoms. The minimum atomic E-state index is -1.15. The van der Waals surface area contributed by atoms with Gasteiger partial charge in [0.2, 0.25) is 0 Å². The van der Waals surface area contributed by atoms with E-state index >= 15 is 0 Å². The molecule has 10 heteroatoms. The number of nitrogens with one attached hydrogen (secondary N) is 2. The van der Waals surface area contributed by atoms with Crippen LogP contribution in [0.2, 0.25) is 0 Å². The molecule has 0 bridgehead atoms. The molecular weight excluding hydrogens is 511 g/mol. The highest BCUT2D eigenvalue weighted by molar-refractivity contribution is 5.76. The third-order valence-electron chi connectivity index (χ3n) is 6.99. The van der Waals surface area contributed by atoms with Gasteiger partial charge in [0.25, 0.3) is 0 Å². The van der Waals surface area contributed by atoms with Gasteiger partial charge in [-0.15, -0.1) is 0 Å². The first-order valence-electron chi connectivity index (χ1n) is 14.0. The van der Waals surface area contributed by atoms with Gasteiger partial charge in [-0.05, 0) is 56.7 Å². The second-order valence-electron chi connectivity index (χ2n) is 10.1. The van der Waals surface area contributed by atoms with Crippen LogP contribution >= 0.6 is 0 Å². The van der Waals surface area contributed by atoms with Crippen LogP contribution in [0.25, 0.3) is 11.3 Å². The molecule has 1 aliphatic rings. The molecule has 214 valence electrons. The molecule has 0 fully saturated rings. The summed E-state index contributed by atoms with van der Waals surface area (Å²) in [5, 5.41) is 16.2. The lowest BCUT2D eigenvalue weighted by Crippen LogP contribution is -2.38. The second kappa shape index (κ2) is 15.2. The number of aliphatic carboxylic acids is 1. The number of fused-ring (bicyclic) bond motifs is 1. The summed E-state index contributed by atoms with van der Waals surface area (Å²) in [4.78, 5) is 27.5. The lowest BCUT2D eigenvalue weighted by atomic mass is 10.1. The predicted octanol–water partition coefficient (Wildman–Crippen LogP) is 4.46. The molecule has 9 nitrogen and oxygen atoms in total. The lowest BCUT2D eigenvalue weighted by Gasteiger charge is -2.26. The summed E-state index contributed by atoms with van der Waals surface area (Å²) >= 11 is 0. The summed E-state index contributed by atoms with van der Waals surface area (Å²) in [6, 6.07) is 13.0. The molecule has 1 aliphatic heterocycles. The minimum Gasteiger partial charge on any atom is -0.480 e. The Hall–Kier alpha value is -3.63. The zero-order chi connectivity index (χ0) is 28.2. The van der Waals surface area contributed by atoms with Crippen LogP contribution in [0.15, 0.2) is 54.9 Å². The largest absolute Gasteiger partial charge is 0.480 e. The predicted molar refractivity (Wildman–Crippen MR) is 154 cm³/mol. The number of benzene rings is 1. The summed E-state index contributed by atoms with van der Waals surface area (Å²) < 4.78 is 19.4. The Morgan fingerprint density at radius 2 is 2.00 bits per heavy atom. The Bertz CT molecular complexity index is 1200. The van der Waals surface area contributed by atoms with Gasteiger partial charge in [0.05, 0.1) is 24.7 Å². The van der Waals surface area contributed by atoms with Crippen LogP contribution in [0.4, 0.5) is 16.0 Å². The Labute approximate surface area is 235 Å². The number of methoxy groups -OCH3 is 1. The number of anilines is 2. The van der Waals surface area contributed by atoms with Gasteiger partial charge in [-0.1, -0.05) is 36.4 Å². The summed E-state index contributed by atoms with van der Waals surface area (Å²) in [6.45, 7) is 2.23. The molecule has 0 aliphatic carbocycles. The average molecular weight is 551 g/mol. The summed E-state index contributed by atoms with van der Waals surface area (Å²) in [5.41, 5.74) is 3.96. The molecule has 0 amide bonds. The standard InChI is InChI=1S/C30H39FN6O3/c1-40-21-24(31)20-37(16-6-5-11-25-13-12-23-10-7-15-32-29(23)35-25)17-14-26(30(38)39)36-28-19-33-27(18-34-28)22-8-3-2-4-9-22/h2-4,8-9,12-13,18-19,24,26H,5-7,10-11,14-17,20-21H2,1H3,(H,32,35)(H,34,36)(H,38,39)/t24-,26?/m0/s1. The molecule has 3 heterocycles. The van der Waals surface area contributed by atoms with Crippen LogP contribution < -0.4 is 10.6 Å². The molecule has 1 aromatic carbocycles. The van der Waals surface area contributed by atoms with Gasteiger partial charge in [0, 0.05) is 38.0 Å². The van der Waals surface area contributed by atoms with E-state index in [1.807, 2.05) is 35.2 Å². The number of unbranched alkanes of at least 4 members (excludes halogenated alkanes) is 1. The first-order chi connectivity index (χ1) is 19.5. The van der Waals surface area contributed by atoms with Crippen molar-refractivity contribution in [3.05, 3.63) is 66.1 Å². The van der Waals surface area contributed by atoms with Crippen molar-refractivity contribution < 1.29 is 19.0 Å². The fourth-order valence-electron chi connectivity index (χ4n) is 4.87. The SMILES string of the molecule is COC[C@@H](F)CN(CCCCc1ccc2c(n1)NCCC2)CCC(Nc1cnc(-c2ccccc2)cn1)C(=O)O. The number of aromatic nitrogens is 3. The highest BCUT2D eigenvalue weighted by Gasteiger charge is 2.21. The zero-order valence-corrected chi connectivity index (χ0v) is 23.1. The van der Waals surface area contributed by atoms with Crippen LogP contribution in [0.3, 0.4) is 0 Å². The van der Waals surface area contributed by atoms with Crippen molar-refractivity contribution in [3.63, 3.8) is 0 Å². The highest BCUT2D eigenvalue weighted by Crippen LogP contribution is 2.21. The maximum atomic E-state index is 14.5. The van der Waals surface area contributed by atoms with E-state index in [9.17, 15) is 14.3 Å². The Kier molecular flexibility index (Phi) is 11.2. The van der Waals surface area contributed by atoms with E-state index in [4.69, 9.17) is 9.72 Å². The van der Waals surface area contributed by atoms with E-state index in [2.05, 4.69) is 32.7 Å². The van der Waals surface area contributed by atoms with Gasteiger partial charge >= 0.3 is 5.97 Å². The van der Waals surface area contributed by atoms with Crippen molar-refractivity contribution in [1.29, 1.82) is 0 Å². The van der Waals surface area contributed by atoms with E-state index < -0.39 is 18.2 Å². The summed E-state index contributed by atoms with van der Waals surface area (Å²) in [7, 11) is 1.48. The molecule has 3 N–H and O–H groups in total. The molecule has 0 radical (unpaired) electrons. The van der Waals surface area contributed by atoms with Crippen LogP contribution in [-0.2, 0) is 22.4 Å². The molecule has 1 unspecified atom stereocenters. The smallest absolute Gasteiger partial charge is 0.326 e. The van der Waals surface area contributed by atoms with Crippen molar-refractivity contribution in [1.82, 2.24) is 19.9 Å². The number of halogens is 1. The average Bonchev–Trinajstić information content (AvgIpc) is 2.98. The van der Waals surface area contributed by atoms with Crippen LogP contribution in [0, 0.1) is 0 Å². The Morgan fingerprint density at radius 1 is 1.15 bits per heavy atom. The molecule has 4 rings (SSSR count). The number of pyridine rings is 1. The monoisotopic (exact) mass is 550 g/mol. The van der Waals surface area contributed by atoms with Crippen LogP contribution in [0.5, 0.6) is 0 Å². The van der Waals surface area contributed by atoms with Gasteiger partial charge < -0.3 is 25.4 Å². The normalized spacial score (nSPS) is 14.3. The summed E-state index contributed by atoms with van der Waals surface area (Å²) in [6.07, 6.45) is 7.10. The fraction of sp³-hybridized carbons (Fsp3) is 0.467. The third-order valence-corrected chi connectivity index (χ3v) is 6.99. The number of ether oxygens (including phenoxy) is 1. The first kappa shape index (κ1) is 29.4. The van der Waals surface area contributed by atoms with E-state index in [0.717, 1.165) is 55.7 Å². The van der Waals surface area contributed by atoms with Crippen molar-refractivity contribution >= 4 is 17.6 Å². The maximum Gasteiger partial charge on any atom is 0.326 e. The van der Waals surface area contributed by atoms with E-state index in [-0.39, 0.29) is 19.6 Å². The van der Waals surface area contributed by atoms with Crippen molar-refractivity contribution in [2.24, 2.45) is 0 Å². The van der Waals surface area contributed by atoms with Crippen LogP contribution in [0.1, 0.15) is 36.9 Å². The molecule has 0 saturated heterocycles. The van der Waals surface area contributed by atoms with Gasteiger partial charge in [-0.25, -0.2) is 19.2 Å². The first-order valence-corrected chi connectivity index (χ1v) is 14.0. The van der Waals surface area contributed by atoms with E-state index in [1.54, 1.807) is 6.20 Å². The summed E-state index contributed by atoms with van der Waals surface area (Å²) in [5.74, 6) is 0.389. The zero-order valence-electron chi connectivity index (χ0n) is 23.1. The number of carbonyl (C=O) groups is 1. The quantitative estimate of drug-likeness (QED) is 0.223. The van der Waals surface area contributed by atoms with E-state index in [0.29, 0.717) is 24.6 Å². The third kappa shape index (κ3) is 8.96. The second-order valence-corrected chi connectivity index (χ2v) is 10.1. The van der Waals surface area contributed by atoms with Crippen molar-refractivity contribution in [2.75, 3.05) is 50.5 Å². The molecule has 3 aromatic rings. The van der Waals surface area contributed by atoms with Gasteiger partial charge in [0.15, 0.2) is 0 Å². The number of aryl methyl sites for hydroxylation is 2. The number of alkyl halides is 1. The molecular formula is C30H39FN6O3. The Balaban J connectivity index is 1.29. The number of hydrogen-bond acceptors (Lipinski definition) is 8. The van der Waals surface area contributed by atoms with Gasteiger partial charge in [-0.2, -0.15) is 0 Å². The van der Waals surface area contributed by atoms with E-state index in [1.165, 1.54) is 18.9 Å². The topological polar surface area (TPSA) is 113 Å². The highest BCUT2D eigenvalue weighted by atomic mass is 19.1. The molecule has 40 heavy (non-hydrogen) atoms. The van der Waals surface area contributed by atoms with Gasteiger partial charge in [-0.3, -0.25) is 4.98 Å². The number of nitrogens with zero attached hydrogens (tertiary/aromatic N) is 4. The maximum absolute atomic E-state index is 14.5. The lowest BCUT2D eigenvalue weighted by molar-refractivity contribution is -0.138. The van der Waals surface area contributed by atoms with Crippen molar-refractivity contribution in [3.8, 4) is 11.3 Å². The number of carboxylic acids is 1. The van der Waals surface area contributed by atoms with Crippen LogP contribution in [-0.4, -0.2) is 83.0 Å². The number of hydrogen-bond donors (Lipinski definition) is 3. The fourth-order valence-corrected chi connectivity index (χ4v) is 4.87. The number of rotatable bonds is 16. The van der Waals surface area contributed by atoms with Crippen molar-refractivity contribution in [2.45, 2.75) is 50.7 Å². The van der Waals surface area contributed by atoms with Gasteiger partial charge in [0.1, 0.15) is 23.8 Å². The molecule has 2 atom stereocenters. The Morgan fingerprint density at radius 3 is 2.75 bits per heavy atom. The molecule has 0 saturated carbocycles.